The molecular weight excluding hydrogens is 378 g/mol. The van der Waals surface area contributed by atoms with E-state index in [1.54, 1.807) is 55.5 Å². The smallest absolute Gasteiger partial charge is 0.343 e. The number of allylic oxidation sites excluding steroid dienone is 1. The van der Waals surface area contributed by atoms with Crippen molar-refractivity contribution >= 4 is 29.4 Å². The number of pyridine rings is 1. The highest BCUT2D eigenvalue weighted by molar-refractivity contribution is 6.30. The first-order valence-electron chi connectivity index (χ1n) is 8.48. The van der Waals surface area contributed by atoms with Gasteiger partial charge in [0.1, 0.15) is 11.5 Å². The second kappa shape index (κ2) is 7.29. The first kappa shape index (κ1) is 17.9. The van der Waals surface area contributed by atoms with E-state index in [2.05, 4.69) is 4.98 Å². The largest absolute Gasteiger partial charge is 0.452 e. The number of nitrogens with zero attached hydrogens (tertiary/aromatic N) is 1. The lowest BCUT2D eigenvalue weighted by Gasteiger charge is -2.10. The molecule has 0 fully saturated rings. The number of carbonyl (C=O) groups excluding carboxylic acids is 2. The fourth-order valence-electron chi connectivity index (χ4n) is 2.87. The molecule has 0 saturated heterocycles. The molecule has 28 heavy (non-hydrogen) atoms. The monoisotopic (exact) mass is 391 g/mol. The number of esters is 1. The van der Waals surface area contributed by atoms with Gasteiger partial charge in [-0.2, -0.15) is 0 Å². The van der Waals surface area contributed by atoms with E-state index in [0.717, 1.165) is 5.56 Å². The minimum atomic E-state index is -0.510. The van der Waals surface area contributed by atoms with E-state index < -0.39 is 5.97 Å². The minimum Gasteiger partial charge on any atom is -0.452 e. The number of rotatable bonds is 3. The molecular formula is C22H14ClNO4. The number of aromatic nitrogens is 1. The molecule has 1 aromatic heterocycles. The van der Waals surface area contributed by atoms with Crippen LogP contribution in [0.1, 0.15) is 31.8 Å². The third-order valence-electron chi connectivity index (χ3n) is 4.30. The van der Waals surface area contributed by atoms with Crippen LogP contribution in [-0.2, 0) is 0 Å². The Morgan fingerprint density at radius 1 is 1.14 bits per heavy atom. The number of carbonyl (C=O) groups is 2. The van der Waals surface area contributed by atoms with Crippen LogP contribution in [0.25, 0.3) is 6.08 Å². The summed E-state index contributed by atoms with van der Waals surface area (Å²) in [7, 11) is 0. The van der Waals surface area contributed by atoms with Crippen molar-refractivity contribution in [3.05, 3.63) is 94.0 Å². The van der Waals surface area contributed by atoms with Gasteiger partial charge >= 0.3 is 5.97 Å². The van der Waals surface area contributed by atoms with E-state index in [-0.39, 0.29) is 11.5 Å². The lowest BCUT2D eigenvalue weighted by Crippen LogP contribution is -2.09. The highest BCUT2D eigenvalue weighted by Crippen LogP contribution is 2.39. The zero-order chi connectivity index (χ0) is 19.7. The second-order valence-corrected chi connectivity index (χ2v) is 6.62. The van der Waals surface area contributed by atoms with Crippen molar-refractivity contribution in [1.82, 2.24) is 4.98 Å². The summed E-state index contributed by atoms with van der Waals surface area (Å²) < 4.78 is 11.3. The second-order valence-electron chi connectivity index (χ2n) is 6.19. The van der Waals surface area contributed by atoms with Crippen LogP contribution in [0.4, 0.5) is 0 Å². The zero-order valence-electron chi connectivity index (χ0n) is 14.8. The molecule has 0 radical (unpaired) electrons. The molecule has 0 aliphatic carbocycles. The summed E-state index contributed by atoms with van der Waals surface area (Å²) in [5.41, 5.74) is 2.14. The Kier molecular flexibility index (Phi) is 4.67. The van der Waals surface area contributed by atoms with Gasteiger partial charge < -0.3 is 9.47 Å². The van der Waals surface area contributed by atoms with Gasteiger partial charge in [0.25, 0.3) is 0 Å². The van der Waals surface area contributed by atoms with Crippen LogP contribution in [0.5, 0.6) is 11.5 Å². The van der Waals surface area contributed by atoms with Gasteiger partial charge in [-0.1, -0.05) is 23.7 Å². The fourth-order valence-corrected chi connectivity index (χ4v) is 3.07. The Labute approximate surface area is 166 Å². The standard InChI is InChI=1S/C22H14ClNO4/c1-13-18(28-22(26)15-7-9-24-10-8-15)6-5-17-20(25)19(27-21(13)17)12-14-3-2-4-16(23)11-14/h2-12H,1H3/b19-12-. The Balaban J connectivity index is 1.63. The van der Waals surface area contributed by atoms with Crippen molar-refractivity contribution in [1.29, 1.82) is 0 Å². The maximum atomic E-state index is 12.7. The van der Waals surface area contributed by atoms with Crippen LogP contribution < -0.4 is 9.47 Å². The van der Waals surface area contributed by atoms with Crippen molar-refractivity contribution in [2.75, 3.05) is 0 Å². The summed E-state index contributed by atoms with van der Waals surface area (Å²) in [6, 6.07) is 13.4. The molecule has 0 bridgehead atoms. The molecule has 1 aliphatic rings. The maximum Gasteiger partial charge on any atom is 0.343 e. The molecule has 5 nitrogen and oxygen atoms in total. The van der Waals surface area contributed by atoms with Crippen LogP contribution in [0.3, 0.4) is 0 Å². The van der Waals surface area contributed by atoms with Crippen molar-refractivity contribution in [3.8, 4) is 11.5 Å². The molecule has 0 atom stereocenters. The first-order valence-corrected chi connectivity index (χ1v) is 8.86. The number of fused-ring (bicyclic) bond motifs is 1. The van der Waals surface area contributed by atoms with Crippen molar-refractivity contribution in [3.63, 3.8) is 0 Å². The van der Waals surface area contributed by atoms with E-state index in [1.165, 1.54) is 12.4 Å². The SMILES string of the molecule is Cc1c(OC(=O)c2ccncc2)ccc2c1O/C(=C\c1cccc(Cl)c1)C2=O. The predicted molar refractivity (Wildman–Crippen MR) is 105 cm³/mol. The molecule has 0 spiro atoms. The molecule has 3 aromatic rings. The maximum absolute atomic E-state index is 12.7. The number of benzene rings is 2. The number of halogens is 1. The lowest BCUT2D eigenvalue weighted by atomic mass is 10.1. The molecule has 1 aliphatic heterocycles. The van der Waals surface area contributed by atoms with Gasteiger partial charge in [-0.05, 0) is 55.0 Å². The van der Waals surface area contributed by atoms with Crippen LogP contribution in [0.2, 0.25) is 5.02 Å². The minimum absolute atomic E-state index is 0.193. The summed E-state index contributed by atoms with van der Waals surface area (Å²) in [5.74, 6) is 0.170. The Morgan fingerprint density at radius 2 is 1.93 bits per heavy atom. The molecule has 0 N–H and O–H groups in total. The number of ketones is 1. The number of hydrogen-bond donors (Lipinski definition) is 0. The summed E-state index contributed by atoms with van der Waals surface area (Å²) in [4.78, 5) is 28.8. The quantitative estimate of drug-likeness (QED) is 0.361. The van der Waals surface area contributed by atoms with E-state index >= 15 is 0 Å². The zero-order valence-corrected chi connectivity index (χ0v) is 15.6. The molecule has 4 rings (SSSR count). The van der Waals surface area contributed by atoms with Gasteiger partial charge in [0.05, 0.1) is 11.1 Å². The highest BCUT2D eigenvalue weighted by Gasteiger charge is 2.30. The molecule has 0 amide bonds. The molecule has 2 aromatic carbocycles. The molecule has 2 heterocycles. The lowest BCUT2D eigenvalue weighted by molar-refractivity contribution is 0.0733. The average molecular weight is 392 g/mol. The van der Waals surface area contributed by atoms with Crippen LogP contribution in [0, 0.1) is 6.92 Å². The van der Waals surface area contributed by atoms with Crippen molar-refractivity contribution in [2.24, 2.45) is 0 Å². The topological polar surface area (TPSA) is 65.5 Å². The van der Waals surface area contributed by atoms with E-state index in [4.69, 9.17) is 21.1 Å². The van der Waals surface area contributed by atoms with Gasteiger partial charge in [0, 0.05) is 23.0 Å². The molecule has 0 unspecified atom stereocenters. The van der Waals surface area contributed by atoms with E-state index in [1.807, 2.05) is 6.07 Å². The summed E-state index contributed by atoms with van der Waals surface area (Å²) in [6.07, 6.45) is 4.66. The van der Waals surface area contributed by atoms with Crippen LogP contribution >= 0.6 is 11.6 Å². The van der Waals surface area contributed by atoms with Gasteiger partial charge in [-0.3, -0.25) is 9.78 Å². The summed E-state index contributed by atoms with van der Waals surface area (Å²) >= 11 is 5.99. The Bertz CT molecular complexity index is 1120. The Morgan fingerprint density at radius 3 is 2.68 bits per heavy atom. The highest BCUT2D eigenvalue weighted by atomic mass is 35.5. The number of hydrogen-bond acceptors (Lipinski definition) is 5. The Hall–Kier alpha value is -3.44. The van der Waals surface area contributed by atoms with Gasteiger partial charge in [0.15, 0.2) is 5.76 Å². The van der Waals surface area contributed by atoms with Crippen molar-refractivity contribution < 1.29 is 19.1 Å². The average Bonchev–Trinajstić information content (AvgIpc) is 3.01. The van der Waals surface area contributed by atoms with Crippen LogP contribution in [-0.4, -0.2) is 16.7 Å². The predicted octanol–water partition coefficient (Wildman–Crippen LogP) is 4.88. The summed E-state index contributed by atoms with van der Waals surface area (Å²) in [5, 5.41) is 0.568. The first-order chi connectivity index (χ1) is 13.5. The molecule has 138 valence electrons. The van der Waals surface area contributed by atoms with Gasteiger partial charge in [-0.15, -0.1) is 0 Å². The third-order valence-corrected chi connectivity index (χ3v) is 4.54. The number of ether oxygens (including phenoxy) is 2. The van der Waals surface area contributed by atoms with Gasteiger partial charge in [-0.25, -0.2) is 4.79 Å². The third kappa shape index (κ3) is 3.40. The van der Waals surface area contributed by atoms with Crippen molar-refractivity contribution in [2.45, 2.75) is 6.92 Å². The number of Topliss-reactive ketones (excluding diaryl/α,β-unsaturated/α-hetero) is 1. The summed E-state index contributed by atoms with van der Waals surface area (Å²) in [6.45, 7) is 1.74. The van der Waals surface area contributed by atoms with E-state index in [9.17, 15) is 9.59 Å². The normalized spacial score (nSPS) is 13.9. The van der Waals surface area contributed by atoms with E-state index in [0.29, 0.717) is 33.2 Å². The van der Waals surface area contributed by atoms with Gasteiger partial charge in [0.2, 0.25) is 5.78 Å². The van der Waals surface area contributed by atoms with Crippen LogP contribution in [0.15, 0.2) is 66.7 Å². The molecule has 6 heteroatoms. The molecule has 0 saturated carbocycles. The fraction of sp³-hybridized carbons (Fsp3) is 0.0455.